The Labute approximate surface area is 221 Å². The third kappa shape index (κ3) is 5.55. The molecular formula is C28H31N3O3S2. The largest absolute Gasteiger partial charge is 0.438 e. The van der Waals surface area contributed by atoms with Crippen molar-refractivity contribution in [3.63, 3.8) is 0 Å². The van der Waals surface area contributed by atoms with Crippen LogP contribution in [0, 0.1) is 19.8 Å². The molecule has 36 heavy (non-hydrogen) atoms. The van der Waals surface area contributed by atoms with Gasteiger partial charge in [-0.25, -0.2) is 0 Å². The molecule has 1 fully saturated rings. The minimum Gasteiger partial charge on any atom is -0.438 e. The predicted molar refractivity (Wildman–Crippen MR) is 151 cm³/mol. The lowest BCUT2D eigenvalue weighted by atomic mass is 9.99. The molecule has 3 heterocycles. The SMILES string of the molecule is CCCCC(CC)CN1C(=O)/C(=C\c2c(Oc3ccc(C)cc3C)nc3ccccn3c2=O)SC1=S. The van der Waals surface area contributed by atoms with Crippen molar-refractivity contribution in [3.8, 4) is 11.6 Å². The number of hydrogen-bond donors (Lipinski definition) is 0. The van der Waals surface area contributed by atoms with Gasteiger partial charge in [0.25, 0.3) is 11.5 Å². The number of carbonyl (C=O) groups excluding carboxylic acids is 1. The van der Waals surface area contributed by atoms with Crippen LogP contribution in [-0.2, 0) is 4.79 Å². The standard InChI is InChI=1S/C28H31N3O3S2/c1-5-7-10-20(6-2)17-31-27(33)23(36-28(31)35)16-21-25(34-22-13-12-18(3)15-19(22)4)29-24-11-8-9-14-30(24)26(21)32/h8-9,11-16,20H,5-7,10,17H2,1-4H3/b23-16+. The fourth-order valence-electron chi connectivity index (χ4n) is 4.27. The Morgan fingerprint density at radius 1 is 1.17 bits per heavy atom. The number of carbonyl (C=O) groups is 1. The maximum Gasteiger partial charge on any atom is 0.269 e. The first kappa shape index (κ1) is 26.1. The van der Waals surface area contributed by atoms with E-state index in [4.69, 9.17) is 17.0 Å². The highest BCUT2D eigenvalue weighted by molar-refractivity contribution is 8.26. The number of thioether (sulfide) groups is 1. The molecule has 8 heteroatoms. The van der Waals surface area contributed by atoms with Crippen LogP contribution in [0.3, 0.4) is 0 Å². The van der Waals surface area contributed by atoms with Gasteiger partial charge in [-0.15, -0.1) is 0 Å². The van der Waals surface area contributed by atoms with Gasteiger partial charge in [0.05, 0.1) is 4.91 Å². The Hall–Kier alpha value is -2.97. The summed E-state index contributed by atoms with van der Waals surface area (Å²) in [5.74, 6) is 0.993. The first-order chi connectivity index (χ1) is 17.3. The molecule has 1 atom stereocenters. The summed E-state index contributed by atoms with van der Waals surface area (Å²) in [4.78, 5) is 33.6. The number of aromatic nitrogens is 2. The Kier molecular flexibility index (Phi) is 8.26. The Balaban J connectivity index is 1.74. The summed E-state index contributed by atoms with van der Waals surface area (Å²) in [6.07, 6.45) is 7.54. The van der Waals surface area contributed by atoms with E-state index < -0.39 is 0 Å². The number of nitrogens with zero attached hydrogens (tertiary/aromatic N) is 3. The zero-order valence-electron chi connectivity index (χ0n) is 21.1. The average Bonchev–Trinajstić information content (AvgIpc) is 3.12. The summed E-state index contributed by atoms with van der Waals surface area (Å²) in [6.45, 7) is 8.87. The lowest BCUT2D eigenvalue weighted by Crippen LogP contribution is -2.33. The molecule has 0 bridgehead atoms. The third-order valence-electron chi connectivity index (χ3n) is 6.40. The van der Waals surface area contributed by atoms with Crippen molar-refractivity contribution >= 4 is 45.9 Å². The van der Waals surface area contributed by atoms with E-state index >= 15 is 0 Å². The van der Waals surface area contributed by atoms with Crippen LogP contribution in [0.15, 0.2) is 52.3 Å². The van der Waals surface area contributed by atoms with Crippen molar-refractivity contribution in [2.24, 2.45) is 5.92 Å². The second kappa shape index (κ2) is 11.4. The van der Waals surface area contributed by atoms with Gasteiger partial charge in [0.1, 0.15) is 21.3 Å². The average molecular weight is 522 g/mol. The van der Waals surface area contributed by atoms with Crippen LogP contribution in [-0.4, -0.2) is 31.1 Å². The molecule has 0 aliphatic carbocycles. The van der Waals surface area contributed by atoms with Crippen molar-refractivity contribution < 1.29 is 9.53 Å². The highest BCUT2D eigenvalue weighted by atomic mass is 32.2. The molecule has 3 aromatic rings. The number of pyridine rings is 1. The molecule has 1 unspecified atom stereocenters. The van der Waals surface area contributed by atoms with E-state index in [0.29, 0.717) is 33.1 Å². The van der Waals surface area contributed by atoms with Crippen molar-refractivity contribution in [1.29, 1.82) is 0 Å². The first-order valence-electron chi connectivity index (χ1n) is 12.3. The number of hydrogen-bond acceptors (Lipinski definition) is 6. The molecule has 188 valence electrons. The van der Waals surface area contributed by atoms with E-state index in [1.807, 2.05) is 38.1 Å². The molecule has 1 aliphatic rings. The lowest BCUT2D eigenvalue weighted by molar-refractivity contribution is -0.122. The van der Waals surface area contributed by atoms with Crippen molar-refractivity contribution in [1.82, 2.24) is 14.3 Å². The summed E-state index contributed by atoms with van der Waals surface area (Å²) in [7, 11) is 0. The third-order valence-corrected chi connectivity index (χ3v) is 7.78. The molecule has 6 nitrogen and oxygen atoms in total. The van der Waals surface area contributed by atoms with Gasteiger partial charge in [-0.2, -0.15) is 4.98 Å². The van der Waals surface area contributed by atoms with Crippen LogP contribution in [0.25, 0.3) is 11.7 Å². The number of thiocarbonyl (C=S) groups is 1. The van der Waals surface area contributed by atoms with Crippen molar-refractivity contribution in [2.75, 3.05) is 6.54 Å². The van der Waals surface area contributed by atoms with Crippen molar-refractivity contribution in [3.05, 3.63) is 74.5 Å². The number of benzene rings is 1. The molecule has 0 spiro atoms. The van der Waals surface area contributed by atoms with Gasteiger partial charge in [-0.05, 0) is 56.0 Å². The molecule has 0 N–H and O–H groups in total. The molecule has 1 aromatic carbocycles. The van der Waals surface area contributed by atoms with Crippen LogP contribution >= 0.6 is 24.0 Å². The second-order valence-electron chi connectivity index (χ2n) is 9.14. The number of amides is 1. The van der Waals surface area contributed by atoms with Crippen LogP contribution in [0.1, 0.15) is 56.2 Å². The van der Waals surface area contributed by atoms with E-state index in [9.17, 15) is 9.59 Å². The van der Waals surface area contributed by atoms with Gasteiger partial charge < -0.3 is 4.74 Å². The van der Waals surface area contributed by atoms with E-state index in [2.05, 4.69) is 18.8 Å². The molecule has 0 radical (unpaired) electrons. The molecule has 0 saturated carbocycles. The van der Waals surface area contributed by atoms with Crippen molar-refractivity contribution in [2.45, 2.75) is 53.4 Å². The summed E-state index contributed by atoms with van der Waals surface area (Å²) >= 11 is 6.79. The molecule has 1 aliphatic heterocycles. The number of aryl methyl sites for hydroxylation is 2. The smallest absolute Gasteiger partial charge is 0.269 e. The van der Waals surface area contributed by atoms with Crippen LogP contribution in [0.4, 0.5) is 0 Å². The zero-order chi connectivity index (χ0) is 25.8. The molecule has 4 rings (SSSR count). The monoisotopic (exact) mass is 521 g/mol. The minimum absolute atomic E-state index is 0.165. The summed E-state index contributed by atoms with van der Waals surface area (Å²) in [5.41, 5.74) is 2.42. The lowest BCUT2D eigenvalue weighted by Gasteiger charge is -2.21. The summed E-state index contributed by atoms with van der Waals surface area (Å²) in [5, 5.41) is 0. The molecule has 1 saturated heterocycles. The maximum absolute atomic E-state index is 13.5. The van der Waals surface area contributed by atoms with Crippen LogP contribution in [0.5, 0.6) is 11.6 Å². The normalized spacial score (nSPS) is 15.8. The van der Waals surface area contributed by atoms with Gasteiger partial charge in [0.15, 0.2) is 0 Å². The first-order valence-corrected chi connectivity index (χ1v) is 13.6. The molecule has 2 aromatic heterocycles. The quantitative estimate of drug-likeness (QED) is 0.236. The number of rotatable bonds is 9. The van der Waals surface area contributed by atoms with E-state index in [-0.39, 0.29) is 22.9 Å². The van der Waals surface area contributed by atoms with Gasteiger partial charge in [-0.3, -0.25) is 18.9 Å². The Morgan fingerprint density at radius 3 is 2.69 bits per heavy atom. The summed E-state index contributed by atoms with van der Waals surface area (Å²) in [6, 6.07) is 11.2. The van der Waals surface area contributed by atoms with E-state index in [1.165, 1.54) is 16.2 Å². The maximum atomic E-state index is 13.5. The van der Waals surface area contributed by atoms with Crippen LogP contribution < -0.4 is 10.3 Å². The number of unbranched alkanes of at least 4 members (excludes halogenated alkanes) is 1. The van der Waals surface area contributed by atoms with Gasteiger partial charge in [0, 0.05) is 12.7 Å². The number of ether oxygens (including phenoxy) is 1. The highest BCUT2D eigenvalue weighted by Crippen LogP contribution is 2.35. The predicted octanol–water partition coefficient (Wildman–Crippen LogP) is 6.52. The van der Waals surface area contributed by atoms with E-state index in [0.717, 1.165) is 36.8 Å². The van der Waals surface area contributed by atoms with Gasteiger partial charge >= 0.3 is 0 Å². The summed E-state index contributed by atoms with van der Waals surface area (Å²) < 4.78 is 8.15. The number of fused-ring (bicyclic) bond motifs is 1. The van der Waals surface area contributed by atoms with Crippen LogP contribution in [0.2, 0.25) is 0 Å². The van der Waals surface area contributed by atoms with Gasteiger partial charge in [0.2, 0.25) is 5.88 Å². The second-order valence-corrected chi connectivity index (χ2v) is 10.8. The molecular weight excluding hydrogens is 490 g/mol. The minimum atomic E-state index is -0.306. The Bertz CT molecular complexity index is 1400. The topological polar surface area (TPSA) is 63.9 Å². The zero-order valence-corrected chi connectivity index (χ0v) is 22.7. The highest BCUT2D eigenvalue weighted by Gasteiger charge is 2.34. The fraction of sp³-hybridized carbons (Fsp3) is 0.357. The Morgan fingerprint density at radius 2 is 1.97 bits per heavy atom. The van der Waals surface area contributed by atoms with E-state index in [1.54, 1.807) is 29.3 Å². The molecule has 1 amide bonds. The van der Waals surface area contributed by atoms with Gasteiger partial charge in [-0.1, -0.05) is 80.9 Å². The fourth-order valence-corrected chi connectivity index (χ4v) is 5.52.